The molecule has 0 aromatic heterocycles. The smallest absolute Gasteiger partial charge is 0.333 e. The molecule has 9 heteroatoms. The van der Waals surface area contributed by atoms with E-state index in [9.17, 15) is 21.6 Å². The lowest BCUT2D eigenvalue weighted by atomic mass is 9.97. The van der Waals surface area contributed by atoms with Crippen LogP contribution in [0, 0.1) is 5.92 Å². The van der Waals surface area contributed by atoms with Crippen LogP contribution in [0.2, 0.25) is 0 Å². The van der Waals surface area contributed by atoms with Crippen LogP contribution in [-0.4, -0.2) is 29.1 Å². The lowest BCUT2D eigenvalue weighted by Gasteiger charge is -2.14. The molecule has 2 aromatic carbocycles. The Morgan fingerprint density at radius 2 is 1.48 bits per heavy atom. The maximum atomic E-state index is 12.5. The first kappa shape index (κ1) is 23.1. The van der Waals surface area contributed by atoms with Gasteiger partial charge in [-0.15, -0.1) is 0 Å². The average molecular weight is 440 g/mol. The van der Waals surface area contributed by atoms with Crippen molar-refractivity contribution in [3.8, 4) is 0 Å². The Balaban J connectivity index is 2.12. The molecule has 2 rings (SSSR count). The molecule has 0 aliphatic heterocycles. The summed E-state index contributed by atoms with van der Waals surface area (Å²) in [5.41, 5.74) is 1.82. The predicted octanol–water partition coefficient (Wildman–Crippen LogP) is 2.83. The Bertz CT molecular complexity index is 1070. The summed E-state index contributed by atoms with van der Waals surface area (Å²) in [7, 11) is -8.16. The molecule has 29 heavy (non-hydrogen) atoms. The molecule has 0 aliphatic carbocycles. The van der Waals surface area contributed by atoms with Crippen LogP contribution in [0.3, 0.4) is 0 Å². The Morgan fingerprint density at radius 1 is 0.931 bits per heavy atom. The molecule has 0 radical (unpaired) electrons. The minimum Gasteiger partial charge on any atom is -0.355 e. The van der Waals surface area contributed by atoms with Crippen LogP contribution in [0.1, 0.15) is 37.8 Å². The molecule has 0 spiro atoms. The SMILES string of the molecule is CC(C)Cc1ccc([C@H](C)C(=O)ONS(=O)(=O)c2ccccc2S(C)(=O)=O)cc1. The van der Waals surface area contributed by atoms with Crippen molar-refractivity contribution in [1.29, 1.82) is 0 Å². The number of hydrogen-bond donors (Lipinski definition) is 1. The molecule has 0 aliphatic rings. The van der Waals surface area contributed by atoms with Gasteiger partial charge in [0.15, 0.2) is 9.84 Å². The third kappa shape index (κ3) is 6.12. The summed E-state index contributed by atoms with van der Waals surface area (Å²) < 4.78 is 48.6. The summed E-state index contributed by atoms with van der Waals surface area (Å²) in [6.07, 6.45) is 1.82. The summed E-state index contributed by atoms with van der Waals surface area (Å²) in [6, 6.07) is 12.5. The Morgan fingerprint density at radius 3 is 2.00 bits per heavy atom. The maximum absolute atomic E-state index is 12.5. The number of sulfonamides is 1. The number of benzene rings is 2. The zero-order valence-corrected chi connectivity index (χ0v) is 18.4. The molecule has 0 saturated carbocycles. The quantitative estimate of drug-likeness (QED) is 0.634. The molecule has 0 fully saturated rings. The van der Waals surface area contributed by atoms with E-state index in [0.29, 0.717) is 11.5 Å². The van der Waals surface area contributed by atoms with E-state index >= 15 is 0 Å². The first-order chi connectivity index (χ1) is 13.4. The Labute approximate surface area is 172 Å². The fraction of sp³-hybridized carbons (Fsp3) is 0.350. The van der Waals surface area contributed by atoms with Crippen molar-refractivity contribution in [2.45, 2.75) is 42.9 Å². The van der Waals surface area contributed by atoms with Gasteiger partial charge in [0.05, 0.1) is 10.8 Å². The largest absolute Gasteiger partial charge is 0.355 e. The third-order valence-electron chi connectivity index (χ3n) is 4.27. The third-order valence-corrected chi connectivity index (χ3v) is 6.79. The van der Waals surface area contributed by atoms with Gasteiger partial charge in [0.2, 0.25) is 0 Å². The monoisotopic (exact) mass is 439 g/mol. The van der Waals surface area contributed by atoms with E-state index in [1.54, 1.807) is 23.9 Å². The molecule has 158 valence electrons. The normalized spacial score (nSPS) is 13.3. The summed E-state index contributed by atoms with van der Waals surface area (Å²) in [5.74, 6) is -1.01. The van der Waals surface area contributed by atoms with Crippen LogP contribution >= 0.6 is 0 Å². The molecule has 7 nitrogen and oxygen atoms in total. The zero-order valence-electron chi connectivity index (χ0n) is 16.7. The molecule has 0 bridgehead atoms. The van der Waals surface area contributed by atoms with Crippen LogP contribution in [0.5, 0.6) is 0 Å². The van der Waals surface area contributed by atoms with Crippen molar-refractivity contribution >= 4 is 25.8 Å². The van der Waals surface area contributed by atoms with E-state index in [1.165, 1.54) is 18.2 Å². The molecule has 1 N–H and O–H groups in total. The topological polar surface area (TPSA) is 107 Å². The fourth-order valence-corrected chi connectivity index (χ4v) is 5.17. The standard InChI is InChI=1S/C20H25NO6S2/c1-14(2)13-16-9-11-17(12-10-16)15(3)20(22)27-21-29(25,26)19-8-6-5-7-18(19)28(4,23)24/h5-12,14-15,21H,13H2,1-4H3/t15-/m0/s1. The van der Waals surface area contributed by atoms with Crippen molar-refractivity contribution in [2.75, 3.05) is 6.26 Å². The number of carbonyl (C=O) groups is 1. The van der Waals surface area contributed by atoms with E-state index in [0.717, 1.165) is 24.3 Å². The number of rotatable bonds is 8. The van der Waals surface area contributed by atoms with Crippen molar-refractivity contribution in [3.63, 3.8) is 0 Å². The second-order valence-corrected chi connectivity index (χ2v) is 10.9. The summed E-state index contributed by atoms with van der Waals surface area (Å²) in [4.78, 5) is 17.9. The minimum atomic E-state index is -4.38. The van der Waals surface area contributed by atoms with Gasteiger partial charge in [0.25, 0.3) is 10.0 Å². The van der Waals surface area contributed by atoms with Crippen molar-refractivity contribution in [1.82, 2.24) is 4.89 Å². The molecule has 0 heterocycles. The van der Waals surface area contributed by atoms with Gasteiger partial charge in [-0.2, -0.15) is 0 Å². The van der Waals surface area contributed by atoms with Crippen LogP contribution in [-0.2, 0) is 35.9 Å². The van der Waals surface area contributed by atoms with E-state index in [4.69, 9.17) is 4.84 Å². The molecular weight excluding hydrogens is 414 g/mol. The van der Waals surface area contributed by atoms with Crippen LogP contribution in [0.4, 0.5) is 0 Å². The summed E-state index contributed by atoms with van der Waals surface area (Å²) >= 11 is 0. The van der Waals surface area contributed by atoms with Gasteiger partial charge in [-0.25, -0.2) is 21.6 Å². The van der Waals surface area contributed by atoms with E-state index < -0.39 is 36.6 Å². The van der Waals surface area contributed by atoms with Crippen molar-refractivity contribution < 1.29 is 26.5 Å². The van der Waals surface area contributed by atoms with Gasteiger partial charge < -0.3 is 4.84 Å². The van der Waals surface area contributed by atoms with Gasteiger partial charge >= 0.3 is 5.97 Å². The number of carbonyl (C=O) groups excluding carboxylic acids is 1. The highest BCUT2D eigenvalue weighted by Crippen LogP contribution is 2.22. The molecule has 0 unspecified atom stereocenters. The van der Waals surface area contributed by atoms with Crippen LogP contribution < -0.4 is 4.89 Å². The summed E-state index contributed by atoms with van der Waals surface area (Å²) in [6.45, 7) is 5.82. The van der Waals surface area contributed by atoms with E-state index in [2.05, 4.69) is 13.8 Å². The highest BCUT2D eigenvalue weighted by atomic mass is 32.2. The lowest BCUT2D eigenvalue weighted by Crippen LogP contribution is -2.30. The molecular formula is C20H25NO6S2. The van der Waals surface area contributed by atoms with Crippen molar-refractivity contribution in [2.24, 2.45) is 5.92 Å². The average Bonchev–Trinajstić information content (AvgIpc) is 2.65. The summed E-state index contributed by atoms with van der Waals surface area (Å²) in [5, 5.41) is 0. The molecule has 1 atom stereocenters. The molecule has 0 amide bonds. The lowest BCUT2D eigenvalue weighted by molar-refractivity contribution is -0.148. The second kappa shape index (κ2) is 9.06. The highest BCUT2D eigenvalue weighted by molar-refractivity contribution is 7.93. The van der Waals surface area contributed by atoms with Crippen molar-refractivity contribution in [3.05, 3.63) is 59.7 Å². The zero-order chi connectivity index (χ0) is 21.8. The Hall–Kier alpha value is -2.23. The van der Waals surface area contributed by atoms with E-state index in [-0.39, 0.29) is 4.90 Å². The van der Waals surface area contributed by atoms with E-state index in [1.807, 2.05) is 12.1 Å². The molecule has 2 aromatic rings. The number of sulfone groups is 1. The van der Waals surface area contributed by atoms with Gasteiger partial charge in [-0.3, -0.25) is 0 Å². The second-order valence-electron chi connectivity index (χ2n) is 7.29. The van der Waals surface area contributed by atoms with Gasteiger partial charge in [-0.1, -0.05) is 50.2 Å². The first-order valence-electron chi connectivity index (χ1n) is 9.02. The maximum Gasteiger partial charge on any atom is 0.333 e. The highest BCUT2D eigenvalue weighted by Gasteiger charge is 2.26. The number of hydrogen-bond acceptors (Lipinski definition) is 6. The minimum absolute atomic E-state index is 0.377. The Kier molecular flexibility index (Phi) is 7.20. The number of nitrogens with one attached hydrogen (secondary N) is 1. The van der Waals surface area contributed by atoms with Gasteiger partial charge in [0.1, 0.15) is 4.90 Å². The fourth-order valence-electron chi connectivity index (χ4n) is 2.76. The van der Waals surface area contributed by atoms with Gasteiger partial charge in [-0.05, 0) is 47.4 Å². The van der Waals surface area contributed by atoms with Crippen LogP contribution in [0.25, 0.3) is 0 Å². The van der Waals surface area contributed by atoms with Gasteiger partial charge in [0, 0.05) is 6.26 Å². The van der Waals surface area contributed by atoms with Crippen LogP contribution in [0.15, 0.2) is 58.3 Å². The first-order valence-corrected chi connectivity index (χ1v) is 12.4. The molecule has 0 saturated heterocycles. The predicted molar refractivity (Wildman–Crippen MR) is 109 cm³/mol.